The van der Waals surface area contributed by atoms with E-state index in [1.807, 2.05) is 32.2 Å². The predicted molar refractivity (Wildman–Crippen MR) is 141 cm³/mol. The highest BCUT2D eigenvalue weighted by atomic mass is 16.7. The summed E-state index contributed by atoms with van der Waals surface area (Å²) in [5.74, 6) is 2.58. The smallest absolute Gasteiger partial charge is 0.231 e. The van der Waals surface area contributed by atoms with E-state index in [1.165, 1.54) is 55.2 Å². The Morgan fingerprint density at radius 3 is 2.74 bits per heavy atom. The van der Waals surface area contributed by atoms with Crippen LogP contribution in [-0.4, -0.2) is 24.9 Å². The Balaban J connectivity index is 0.00000133. The van der Waals surface area contributed by atoms with Gasteiger partial charge in [-0.05, 0) is 49.1 Å². The SMILES string of the molecule is CC.c1cc(CNCCCNc2ccnc3cc(CC4CCCCC4)ccc23)c2c(c1)OCO2. The first kappa shape index (κ1) is 24.3. The minimum absolute atomic E-state index is 0.318. The van der Waals surface area contributed by atoms with Crippen LogP contribution in [0.1, 0.15) is 63.5 Å². The molecule has 5 rings (SSSR count). The monoisotopic (exact) mass is 461 g/mol. The van der Waals surface area contributed by atoms with E-state index in [2.05, 4.69) is 45.9 Å². The molecule has 0 spiro atoms. The fraction of sp³-hybridized carbons (Fsp3) is 0.483. The minimum Gasteiger partial charge on any atom is -0.454 e. The topological polar surface area (TPSA) is 55.4 Å². The van der Waals surface area contributed by atoms with Gasteiger partial charge in [-0.15, -0.1) is 0 Å². The average Bonchev–Trinajstić information content (AvgIpc) is 3.38. The summed E-state index contributed by atoms with van der Waals surface area (Å²) in [7, 11) is 0. The van der Waals surface area contributed by atoms with Crippen LogP contribution in [0.5, 0.6) is 11.5 Å². The lowest BCUT2D eigenvalue weighted by atomic mass is 9.85. The van der Waals surface area contributed by atoms with E-state index in [4.69, 9.17) is 9.47 Å². The van der Waals surface area contributed by atoms with Crippen molar-refractivity contribution < 1.29 is 9.47 Å². The number of rotatable bonds is 9. The number of ether oxygens (including phenoxy) is 2. The second-order valence-corrected chi connectivity index (χ2v) is 9.03. The summed E-state index contributed by atoms with van der Waals surface area (Å²) in [6.45, 7) is 6.96. The summed E-state index contributed by atoms with van der Waals surface area (Å²) in [6, 6.07) is 15.0. The van der Waals surface area contributed by atoms with Crippen molar-refractivity contribution in [3.8, 4) is 11.5 Å². The Labute approximate surface area is 204 Å². The summed E-state index contributed by atoms with van der Waals surface area (Å²) < 4.78 is 11.0. The Kier molecular flexibility index (Phi) is 9.03. The molecule has 3 aromatic rings. The molecule has 0 atom stereocenters. The maximum atomic E-state index is 5.58. The molecule has 1 saturated carbocycles. The molecule has 5 nitrogen and oxygen atoms in total. The fourth-order valence-electron chi connectivity index (χ4n) is 4.99. The van der Waals surface area contributed by atoms with Gasteiger partial charge < -0.3 is 20.1 Å². The summed E-state index contributed by atoms with van der Waals surface area (Å²) in [4.78, 5) is 4.64. The highest BCUT2D eigenvalue weighted by molar-refractivity contribution is 5.91. The Bertz CT molecular complexity index is 1050. The van der Waals surface area contributed by atoms with Gasteiger partial charge in [-0.2, -0.15) is 0 Å². The van der Waals surface area contributed by atoms with Gasteiger partial charge in [0.25, 0.3) is 0 Å². The molecule has 0 radical (unpaired) electrons. The third kappa shape index (κ3) is 6.20. The average molecular weight is 462 g/mol. The third-order valence-corrected chi connectivity index (χ3v) is 6.70. The summed E-state index contributed by atoms with van der Waals surface area (Å²) in [5.41, 5.74) is 4.85. The zero-order valence-corrected chi connectivity index (χ0v) is 20.7. The van der Waals surface area contributed by atoms with Crippen LogP contribution in [0.4, 0.5) is 5.69 Å². The van der Waals surface area contributed by atoms with Gasteiger partial charge in [-0.25, -0.2) is 0 Å². The Hall–Kier alpha value is -2.79. The summed E-state index contributed by atoms with van der Waals surface area (Å²) in [6.07, 6.45) is 11.1. The lowest BCUT2D eigenvalue weighted by Crippen LogP contribution is -2.18. The third-order valence-electron chi connectivity index (χ3n) is 6.70. The first-order chi connectivity index (χ1) is 16.9. The number of fused-ring (bicyclic) bond motifs is 2. The van der Waals surface area contributed by atoms with Gasteiger partial charge >= 0.3 is 0 Å². The number of nitrogens with one attached hydrogen (secondary N) is 2. The number of aromatic nitrogens is 1. The zero-order valence-electron chi connectivity index (χ0n) is 20.7. The van der Waals surface area contributed by atoms with Gasteiger partial charge in [0.15, 0.2) is 11.5 Å². The van der Waals surface area contributed by atoms with E-state index in [0.29, 0.717) is 6.79 Å². The lowest BCUT2D eigenvalue weighted by molar-refractivity contribution is 0.173. The standard InChI is InChI=1S/C27H33N3O2.C2H6/c1-2-6-20(7-3-1)16-21-10-11-23-24(12-15-30-25(23)17-21)29-14-5-13-28-18-22-8-4-9-26-27(22)32-19-31-26;1-2/h4,8-12,15,17,20,28H,1-3,5-7,13-14,16,18-19H2,(H,29,30);1-2H3. The molecule has 1 aliphatic heterocycles. The number of pyridine rings is 1. The normalized spacial score (nSPS) is 15.1. The number of hydrogen-bond donors (Lipinski definition) is 2. The fourth-order valence-corrected chi connectivity index (χ4v) is 4.99. The molecule has 5 heteroatoms. The predicted octanol–water partition coefficient (Wildman–Crippen LogP) is 6.70. The van der Waals surface area contributed by atoms with Crippen LogP contribution in [0, 0.1) is 5.92 Å². The molecule has 0 saturated heterocycles. The van der Waals surface area contributed by atoms with E-state index in [-0.39, 0.29) is 0 Å². The zero-order chi connectivity index (χ0) is 23.6. The highest BCUT2D eigenvalue weighted by Crippen LogP contribution is 2.35. The van der Waals surface area contributed by atoms with Gasteiger partial charge in [-0.1, -0.05) is 70.2 Å². The maximum Gasteiger partial charge on any atom is 0.231 e. The molecule has 1 aromatic heterocycles. The van der Waals surface area contributed by atoms with E-state index < -0.39 is 0 Å². The molecule has 2 aliphatic rings. The highest BCUT2D eigenvalue weighted by Gasteiger charge is 2.17. The summed E-state index contributed by atoms with van der Waals surface area (Å²) in [5, 5.41) is 8.33. The van der Waals surface area contributed by atoms with Crippen molar-refractivity contribution in [2.45, 2.75) is 65.3 Å². The van der Waals surface area contributed by atoms with Crippen molar-refractivity contribution in [2.24, 2.45) is 5.92 Å². The molecule has 1 aliphatic carbocycles. The molecule has 1 fully saturated rings. The second-order valence-electron chi connectivity index (χ2n) is 9.03. The van der Waals surface area contributed by atoms with Crippen molar-refractivity contribution in [1.29, 1.82) is 0 Å². The maximum absolute atomic E-state index is 5.58. The first-order valence-corrected chi connectivity index (χ1v) is 13.1. The van der Waals surface area contributed by atoms with Gasteiger partial charge in [0.2, 0.25) is 6.79 Å². The summed E-state index contributed by atoms with van der Waals surface area (Å²) >= 11 is 0. The van der Waals surface area contributed by atoms with E-state index in [0.717, 1.165) is 54.6 Å². The molecule has 2 aromatic carbocycles. The van der Waals surface area contributed by atoms with Crippen LogP contribution in [-0.2, 0) is 13.0 Å². The van der Waals surface area contributed by atoms with Gasteiger partial charge in [-0.3, -0.25) is 4.98 Å². The van der Waals surface area contributed by atoms with Crippen LogP contribution in [0.15, 0.2) is 48.7 Å². The number of anilines is 1. The van der Waals surface area contributed by atoms with Crippen LogP contribution in [0.25, 0.3) is 10.9 Å². The van der Waals surface area contributed by atoms with Crippen molar-refractivity contribution in [3.05, 3.63) is 59.8 Å². The van der Waals surface area contributed by atoms with Gasteiger partial charge in [0.1, 0.15) is 0 Å². The van der Waals surface area contributed by atoms with E-state index in [1.54, 1.807) is 0 Å². The van der Waals surface area contributed by atoms with Gasteiger partial charge in [0.05, 0.1) is 5.52 Å². The molecule has 0 bridgehead atoms. The molecular formula is C29H39N3O2. The molecule has 34 heavy (non-hydrogen) atoms. The first-order valence-electron chi connectivity index (χ1n) is 13.1. The van der Waals surface area contributed by atoms with E-state index in [9.17, 15) is 0 Å². The second kappa shape index (κ2) is 12.6. The molecule has 2 heterocycles. The number of benzene rings is 2. The number of hydrogen-bond acceptors (Lipinski definition) is 5. The largest absolute Gasteiger partial charge is 0.454 e. The van der Waals surface area contributed by atoms with Crippen LogP contribution in [0.2, 0.25) is 0 Å². The molecular weight excluding hydrogens is 422 g/mol. The van der Waals surface area contributed by atoms with Crippen molar-refractivity contribution >= 4 is 16.6 Å². The van der Waals surface area contributed by atoms with E-state index >= 15 is 0 Å². The lowest BCUT2D eigenvalue weighted by Gasteiger charge is -2.21. The molecule has 2 N–H and O–H groups in total. The van der Waals surface area contributed by atoms with Crippen LogP contribution in [0.3, 0.4) is 0 Å². The van der Waals surface area contributed by atoms with Crippen LogP contribution >= 0.6 is 0 Å². The van der Waals surface area contributed by atoms with Crippen molar-refractivity contribution in [2.75, 3.05) is 25.2 Å². The Morgan fingerprint density at radius 2 is 1.85 bits per heavy atom. The molecule has 0 amide bonds. The van der Waals surface area contributed by atoms with Crippen molar-refractivity contribution in [1.82, 2.24) is 10.3 Å². The van der Waals surface area contributed by atoms with Gasteiger partial charge in [0, 0.05) is 35.9 Å². The molecule has 0 unspecified atom stereocenters. The quantitative estimate of drug-likeness (QED) is 0.347. The minimum atomic E-state index is 0.318. The number of para-hydroxylation sites is 1. The van der Waals surface area contributed by atoms with Crippen LogP contribution < -0.4 is 20.1 Å². The molecule has 182 valence electrons. The Morgan fingerprint density at radius 1 is 0.971 bits per heavy atom. The number of nitrogens with zero attached hydrogens (tertiary/aromatic N) is 1. The van der Waals surface area contributed by atoms with Crippen molar-refractivity contribution in [3.63, 3.8) is 0 Å².